The molecule has 1 aliphatic rings. The lowest BCUT2D eigenvalue weighted by Crippen LogP contribution is -2.42. The Bertz CT molecular complexity index is 342. The molecule has 0 aliphatic carbocycles. The first kappa shape index (κ1) is 11.8. The number of rotatable bonds is 4. The molecular weight excluding hydrogens is 218 g/mol. The number of benzene rings is 1. The highest BCUT2D eigenvalue weighted by atomic mass is 32.2. The lowest BCUT2D eigenvalue weighted by Gasteiger charge is -2.29. The van der Waals surface area contributed by atoms with E-state index in [1.165, 1.54) is 17.7 Å². The largest absolute Gasteiger partial charge is 0.487 e. The summed E-state index contributed by atoms with van der Waals surface area (Å²) in [4.78, 5) is 1.24. The summed E-state index contributed by atoms with van der Waals surface area (Å²) in [7, 11) is 0. The molecule has 2 nitrogen and oxygen atoms in total. The monoisotopic (exact) mass is 237 g/mol. The molecule has 0 fully saturated rings. The summed E-state index contributed by atoms with van der Waals surface area (Å²) in [6.07, 6.45) is 3.62. The second-order valence-electron chi connectivity index (χ2n) is 4.22. The lowest BCUT2D eigenvalue weighted by molar-refractivity contribution is 0.178. The van der Waals surface area contributed by atoms with E-state index in [9.17, 15) is 0 Å². The number of unbranched alkanes of at least 4 members (excludes halogenated alkanes) is 1. The van der Waals surface area contributed by atoms with Crippen LogP contribution in [0.4, 0.5) is 0 Å². The minimum atomic E-state index is 0.167. The van der Waals surface area contributed by atoms with Gasteiger partial charge in [0.2, 0.25) is 0 Å². The molecule has 2 unspecified atom stereocenters. The van der Waals surface area contributed by atoms with Crippen molar-refractivity contribution >= 4 is 11.8 Å². The second kappa shape index (κ2) is 5.60. The fraction of sp³-hybridized carbons (Fsp3) is 0.538. The first-order valence-corrected chi connectivity index (χ1v) is 6.94. The van der Waals surface area contributed by atoms with Crippen molar-refractivity contribution in [2.45, 2.75) is 43.2 Å². The lowest BCUT2D eigenvalue weighted by atomic mass is 10.1. The summed E-state index contributed by atoms with van der Waals surface area (Å²) in [5, 5.41) is 0. The average molecular weight is 237 g/mol. The molecule has 1 heterocycles. The molecule has 0 bridgehead atoms. The molecule has 88 valence electrons. The van der Waals surface area contributed by atoms with Crippen LogP contribution in [0.2, 0.25) is 0 Å². The van der Waals surface area contributed by atoms with E-state index in [-0.39, 0.29) is 12.1 Å². The summed E-state index contributed by atoms with van der Waals surface area (Å²) in [5.74, 6) is 1.97. The van der Waals surface area contributed by atoms with Crippen molar-refractivity contribution in [3.05, 3.63) is 24.3 Å². The summed E-state index contributed by atoms with van der Waals surface area (Å²) in [5.41, 5.74) is 6.15. The molecule has 0 saturated carbocycles. The van der Waals surface area contributed by atoms with Crippen molar-refractivity contribution < 1.29 is 4.74 Å². The highest BCUT2D eigenvalue weighted by Gasteiger charge is 2.24. The molecule has 1 aromatic carbocycles. The molecule has 0 saturated heterocycles. The maximum atomic E-state index is 6.15. The van der Waals surface area contributed by atoms with Crippen molar-refractivity contribution in [1.82, 2.24) is 0 Å². The number of para-hydroxylation sites is 1. The molecule has 1 aliphatic heterocycles. The summed E-state index contributed by atoms with van der Waals surface area (Å²) >= 11 is 1.85. The van der Waals surface area contributed by atoms with Crippen molar-refractivity contribution in [3.8, 4) is 5.75 Å². The third-order valence-corrected chi connectivity index (χ3v) is 4.04. The molecule has 0 amide bonds. The van der Waals surface area contributed by atoms with E-state index in [1.807, 2.05) is 30.0 Å². The predicted molar refractivity (Wildman–Crippen MR) is 69.1 cm³/mol. The van der Waals surface area contributed by atoms with Crippen LogP contribution in [-0.2, 0) is 0 Å². The van der Waals surface area contributed by atoms with E-state index in [0.29, 0.717) is 0 Å². The van der Waals surface area contributed by atoms with E-state index in [4.69, 9.17) is 10.5 Å². The van der Waals surface area contributed by atoms with Gasteiger partial charge < -0.3 is 10.5 Å². The molecule has 2 atom stereocenters. The Kier molecular flexibility index (Phi) is 4.13. The Hall–Kier alpha value is -0.670. The van der Waals surface area contributed by atoms with Crippen LogP contribution < -0.4 is 10.5 Å². The minimum absolute atomic E-state index is 0.167. The number of hydrogen-bond donors (Lipinski definition) is 1. The van der Waals surface area contributed by atoms with Gasteiger partial charge in [0, 0.05) is 16.7 Å². The SMILES string of the molecule is CCCCC(N)C1CSc2ccccc2O1. The van der Waals surface area contributed by atoms with Gasteiger partial charge in [0.15, 0.2) is 0 Å². The van der Waals surface area contributed by atoms with Gasteiger partial charge in [-0.15, -0.1) is 11.8 Å². The van der Waals surface area contributed by atoms with Crippen LogP contribution in [-0.4, -0.2) is 17.9 Å². The topological polar surface area (TPSA) is 35.2 Å². The van der Waals surface area contributed by atoms with Crippen molar-refractivity contribution in [2.24, 2.45) is 5.73 Å². The third-order valence-electron chi connectivity index (χ3n) is 2.90. The van der Waals surface area contributed by atoms with Crippen molar-refractivity contribution in [1.29, 1.82) is 0 Å². The van der Waals surface area contributed by atoms with Gasteiger partial charge in [-0.3, -0.25) is 0 Å². The molecule has 3 heteroatoms. The van der Waals surface area contributed by atoms with Gasteiger partial charge >= 0.3 is 0 Å². The quantitative estimate of drug-likeness (QED) is 0.874. The molecule has 2 N–H and O–H groups in total. The van der Waals surface area contributed by atoms with Crippen LogP contribution in [0.1, 0.15) is 26.2 Å². The first-order valence-electron chi connectivity index (χ1n) is 5.95. The third kappa shape index (κ3) is 2.71. The van der Waals surface area contributed by atoms with E-state index >= 15 is 0 Å². The number of nitrogens with two attached hydrogens (primary N) is 1. The summed E-state index contributed by atoms with van der Waals surface area (Å²) < 4.78 is 5.94. The van der Waals surface area contributed by atoms with Gasteiger partial charge in [-0.05, 0) is 18.6 Å². The maximum Gasteiger partial charge on any atom is 0.133 e. The zero-order valence-corrected chi connectivity index (χ0v) is 10.5. The molecule has 1 aromatic rings. The van der Waals surface area contributed by atoms with Crippen LogP contribution in [0.15, 0.2) is 29.2 Å². The normalized spacial score (nSPS) is 21.0. The Morgan fingerprint density at radius 3 is 3.12 bits per heavy atom. The Morgan fingerprint density at radius 1 is 1.50 bits per heavy atom. The van der Waals surface area contributed by atoms with Crippen LogP contribution in [0.25, 0.3) is 0 Å². The Morgan fingerprint density at radius 2 is 2.31 bits per heavy atom. The minimum Gasteiger partial charge on any atom is -0.487 e. The molecule has 0 spiro atoms. The number of fused-ring (bicyclic) bond motifs is 1. The molecule has 16 heavy (non-hydrogen) atoms. The standard InChI is InChI=1S/C13H19NOS/c1-2-3-6-10(14)12-9-16-13-8-5-4-7-11(13)15-12/h4-5,7-8,10,12H,2-3,6,9,14H2,1H3. The first-order chi connectivity index (χ1) is 7.81. The molecular formula is C13H19NOS. The second-order valence-corrected chi connectivity index (χ2v) is 5.28. The Labute approximate surface area is 102 Å². The van der Waals surface area contributed by atoms with Crippen molar-refractivity contribution in [3.63, 3.8) is 0 Å². The highest BCUT2D eigenvalue weighted by Crippen LogP contribution is 2.35. The zero-order valence-electron chi connectivity index (χ0n) is 9.69. The van der Waals surface area contributed by atoms with Crippen molar-refractivity contribution in [2.75, 3.05) is 5.75 Å². The average Bonchev–Trinajstić information content (AvgIpc) is 2.35. The summed E-state index contributed by atoms with van der Waals surface area (Å²) in [6.45, 7) is 2.19. The van der Waals surface area contributed by atoms with Crippen LogP contribution in [0, 0.1) is 0 Å². The van der Waals surface area contributed by atoms with E-state index in [1.54, 1.807) is 0 Å². The summed E-state index contributed by atoms with van der Waals surface area (Å²) in [6, 6.07) is 8.36. The maximum absolute atomic E-state index is 6.15. The van der Waals surface area contributed by atoms with E-state index in [0.717, 1.165) is 17.9 Å². The smallest absolute Gasteiger partial charge is 0.133 e. The fourth-order valence-electron chi connectivity index (χ4n) is 1.87. The van der Waals surface area contributed by atoms with Crippen LogP contribution >= 0.6 is 11.8 Å². The zero-order chi connectivity index (χ0) is 11.4. The van der Waals surface area contributed by atoms with Gasteiger partial charge in [-0.1, -0.05) is 31.9 Å². The van der Waals surface area contributed by atoms with Gasteiger partial charge in [0.05, 0.1) is 0 Å². The van der Waals surface area contributed by atoms with E-state index in [2.05, 4.69) is 13.0 Å². The fourth-order valence-corrected chi connectivity index (χ4v) is 2.96. The number of hydrogen-bond acceptors (Lipinski definition) is 3. The number of ether oxygens (including phenoxy) is 1. The molecule has 2 rings (SSSR count). The number of thioether (sulfide) groups is 1. The van der Waals surface area contributed by atoms with Gasteiger partial charge in [-0.2, -0.15) is 0 Å². The highest BCUT2D eigenvalue weighted by molar-refractivity contribution is 7.99. The van der Waals surface area contributed by atoms with Crippen LogP contribution in [0.5, 0.6) is 5.75 Å². The van der Waals surface area contributed by atoms with Gasteiger partial charge in [0.25, 0.3) is 0 Å². The van der Waals surface area contributed by atoms with Gasteiger partial charge in [-0.25, -0.2) is 0 Å². The molecule has 0 aromatic heterocycles. The van der Waals surface area contributed by atoms with E-state index < -0.39 is 0 Å². The van der Waals surface area contributed by atoms with Gasteiger partial charge in [0.1, 0.15) is 11.9 Å². The Balaban J connectivity index is 1.97. The van der Waals surface area contributed by atoms with Crippen LogP contribution in [0.3, 0.4) is 0 Å². The molecule has 0 radical (unpaired) electrons. The predicted octanol–water partition coefficient (Wildman–Crippen LogP) is 3.06.